The van der Waals surface area contributed by atoms with E-state index in [1.807, 2.05) is 24.2 Å². The van der Waals surface area contributed by atoms with E-state index in [0.717, 1.165) is 18.8 Å². The van der Waals surface area contributed by atoms with Gasteiger partial charge in [0.25, 0.3) is 0 Å². The lowest BCUT2D eigenvalue weighted by Crippen LogP contribution is -2.28. The smallest absolute Gasteiger partial charge is 0.223 e. The van der Waals surface area contributed by atoms with Crippen LogP contribution < -0.4 is 5.32 Å². The van der Waals surface area contributed by atoms with Gasteiger partial charge in [-0.25, -0.2) is 4.98 Å². The molecular weight excluding hydrogens is 242 g/mol. The summed E-state index contributed by atoms with van der Waals surface area (Å²) in [6, 6.07) is 4.04. The molecule has 0 aliphatic carbocycles. The molecule has 0 saturated carbocycles. The minimum absolute atomic E-state index is 0.238. The number of carbonyl (C=O) groups is 1. The fraction of sp³-hybridized carbons (Fsp3) is 0.571. The number of rotatable bonds is 6. The van der Waals surface area contributed by atoms with Gasteiger partial charge < -0.3 is 15.0 Å². The normalized spacial score (nSPS) is 18.9. The molecule has 0 bridgehead atoms. The van der Waals surface area contributed by atoms with Crippen LogP contribution in [-0.2, 0) is 16.0 Å². The molecule has 2 heterocycles. The Kier molecular flexibility index (Phi) is 4.74. The molecule has 1 N–H and O–H groups in total. The summed E-state index contributed by atoms with van der Waals surface area (Å²) in [7, 11) is 3.51. The van der Waals surface area contributed by atoms with Gasteiger partial charge in [0, 0.05) is 39.9 Å². The molecule has 1 aliphatic heterocycles. The molecule has 5 nitrogen and oxygen atoms in total. The molecule has 1 aromatic rings. The Labute approximate surface area is 114 Å². The molecule has 1 aromatic heterocycles. The van der Waals surface area contributed by atoms with Crippen LogP contribution in [0.1, 0.15) is 12.0 Å². The lowest BCUT2D eigenvalue weighted by molar-refractivity contribution is -0.128. The zero-order chi connectivity index (χ0) is 13.7. The van der Waals surface area contributed by atoms with E-state index in [1.165, 1.54) is 5.56 Å². The van der Waals surface area contributed by atoms with Crippen LogP contribution in [0.5, 0.6) is 0 Å². The van der Waals surface area contributed by atoms with Crippen molar-refractivity contribution < 1.29 is 9.53 Å². The predicted molar refractivity (Wildman–Crippen MR) is 74.1 cm³/mol. The van der Waals surface area contributed by atoms with Gasteiger partial charge >= 0.3 is 0 Å². The maximum absolute atomic E-state index is 11.8. The molecule has 0 spiro atoms. The van der Waals surface area contributed by atoms with Crippen LogP contribution in [0, 0.1) is 5.92 Å². The quantitative estimate of drug-likeness (QED) is 0.837. The van der Waals surface area contributed by atoms with Gasteiger partial charge in [-0.3, -0.25) is 4.79 Å². The number of aromatic nitrogens is 1. The summed E-state index contributed by atoms with van der Waals surface area (Å²) in [5.41, 5.74) is 1.19. The van der Waals surface area contributed by atoms with E-state index in [0.29, 0.717) is 25.5 Å². The largest absolute Gasteiger partial charge is 0.383 e. The summed E-state index contributed by atoms with van der Waals surface area (Å²) >= 11 is 0. The van der Waals surface area contributed by atoms with E-state index in [1.54, 1.807) is 7.11 Å². The molecule has 1 fully saturated rings. The number of likely N-dealkylation sites (tertiary alicyclic amines) is 1. The SMILES string of the molecule is CNc1ccc(C[C@@H]2CC(=O)N(CCOC)C2)cn1. The molecule has 0 radical (unpaired) electrons. The number of nitrogens with one attached hydrogen (secondary N) is 1. The number of carbonyl (C=O) groups excluding carboxylic acids is 1. The van der Waals surface area contributed by atoms with E-state index < -0.39 is 0 Å². The van der Waals surface area contributed by atoms with Crippen LogP contribution in [-0.4, -0.2) is 49.6 Å². The highest BCUT2D eigenvalue weighted by atomic mass is 16.5. The lowest BCUT2D eigenvalue weighted by Gasteiger charge is -2.15. The molecule has 0 unspecified atom stereocenters. The van der Waals surface area contributed by atoms with E-state index in [2.05, 4.69) is 16.4 Å². The van der Waals surface area contributed by atoms with Gasteiger partial charge in [0.1, 0.15) is 5.82 Å². The molecule has 1 saturated heterocycles. The Hall–Kier alpha value is -1.62. The average Bonchev–Trinajstić information content (AvgIpc) is 2.77. The van der Waals surface area contributed by atoms with Crippen molar-refractivity contribution in [3.8, 4) is 0 Å². The highest BCUT2D eigenvalue weighted by Crippen LogP contribution is 2.21. The van der Waals surface area contributed by atoms with Crippen LogP contribution in [0.2, 0.25) is 0 Å². The van der Waals surface area contributed by atoms with Crippen molar-refractivity contribution in [1.82, 2.24) is 9.88 Å². The fourth-order valence-corrected chi connectivity index (χ4v) is 2.43. The minimum atomic E-state index is 0.238. The van der Waals surface area contributed by atoms with Crippen molar-refractivity contribution in [2.45, 2.75) is 12.8 Å². The molecule has 104 valence electrons. The minimum Gasteiger partial charge on any atom is -0.383 e. The van der Waals surface area contributed by atoms with Crippen molar-refractivity contribution in [1.29, 1.82) is 0 Å². The summed E-state index contributed by atoms with van der Waals surface area (Å²) in [4.78, 5) is 18.0. The number of hydrogen-bond donors (Lipinski definition) is 1. The third-order valence-corrected chi connectivity index (χ3v) is 3.47. The molecule has 1 aliphatic rings. The number of nitrogens with zero attached hydrogens (tertiary/aromatic N) is 2. The topological polar surface area (TPSA) is 54.5 Å². The monoisotopic (exact) mass is 263 g/mol. The molecule has 5 heteroatoms. The zero-order valence-corrected chi connectivity index (χ0v) is 11.6. The Morgan fingerprint density at radius 1 is 1.53 bits per heavy atom. The number of anilines is 1. The average molecular weight is 263 g/mol. The number of ether oxygens (including phenoxy) is 1. The van der Waals surface area contributed by atoms with Gasteiger partial charge in [0.15, 0.2) is 0 Å². The second kappa shape index (κ2) is 6.52. The van der Waals surface area contributed by atoms with Crippen molar-refractivity contribution in [3.05, 3.63) is 23.9 Å². The second-order valence-electron chi connectivity index (χ2n) is 4.91. The van der Waals surface area contributed by atoms with E-state index in [4.69, 9.17) is 4.74 Å². The first-order chi connectivity index (χ1) is 9.22. The van der Waals surface area contributed by atoms with Crippen molar-refractivity contribution in [2.24, 2.45) is 5.92 Å². The van der Waals surface area contributed by atoms with Crippen molar-refractivity contribution in [2.75, 3.05) is 39.2 Å². The van der Waals surface area contributed by atoms with E-state index >= 15 is 0 Å². The number of methoxy groups -OCH3 is 1. The zero-order valence-electron chi connectivity index (χ0n) is 11.6. The van der Waals surface area contributed by atoms with E-state index in [9.17, 15) is 4.79 Å². The van der Waals surface area contributed by atoms with Gasteiger partial charge in [-0.05, 0) is 24.0 Å². The Balaban J connectivity index is 1.88. The third kappa shape index (κ3) is 3.67. The first-order valence-electron chi connectivity index (χ1n) is 6.62. The number of amides is 1. The van der Waals surface area contributed by atoms with Crippen LogP contribution in [0.15, 0.2) is 18.3 Å². The summed E-state index contributed by atoms with van der Waals surface area (Å²) in [5.74, 6) is 1.50. The maximum Gasteiger partial charge on any atom is 0.223 e. The summed E-state index contributed by atoms with van der Waals surface area (Å²) in [6.07, 6.45) is 3.43. The van der Waals surface area contributed by atoms with Crippen LogP contribution in [0.4, 0.5) is 5.82 Å². The fourth-order valence-electron chi connectivity index (χ4n) is 2.43. The molecular formula is C14H21N3O2. The van der Waals surface area contributed by atoms with Crippen LogP contribution in [0.25, 0.3) is 0 Å². The first kappa shape index (κ1) is 13.8. The Morgan fingerprint density at radius 3 is 3.00 bits per heavy atom. The standard InChI is InChI=1S/C14H21N3O2/c1-15-13-4-3-11(9-16-13)7-12-8-14(18)17(10-12)5-6-19-2/h3-4,9,12H,5-8,10H2,1-2H3,(H,15,16)/t12-/m1/s1. The lowest BCUT2D eigenvalue weighted by atomic mass is 10.00. The summed E-state index contributed by atoms with van der Waals surface area (Å²) in [5, 5.41) is 3.00. The molecule has 0 aromatic carbocycles. The number of hydrogen-bond acceptors (Lipinski definition) is 4. The Bertz CT molecular complexity index is 419. The van der Waals surface area contributed by atoms with Gasteiger partial charge in [-0.1, -0.05) is 6.07 Å². The molecule has 19 heavy (non-hydrogen) atoms. The number of pyridine rings is 1. The van der Waals surface area contributed by atoms with Crippen LogP contribution in [0.3, 0.4) is 0 Å². The second-order valence-corrected chi connectivity index (χ2v) is 4.91. The van der Waals surface area contributed by atoms with Gasteiger partial charge in [0.2, 0.25) is 5.91 Å². The molecule has 1 atom stereocenters. The van der Waals surface area contributed by atoms with E-state index in [-0.39, 0.29) is 5.91 Å². The first-order valence-corrected chi connectivity index (χ1v) is 6.62. The van der Waals surface area contributed by atoms with Gasteiger partial charge in [-0.15, -0.1) is 0 Å². The van der Waals surface area contributed by atoms with Gasteiger partial charge in [-0.2, -0.15) is 0 Å². The Morgan fingerprint density at radius 2 is 2.37 bits per heavy atom. The maximum atomic E-state index is 11.8. The van der Waals surface area contributed by atoms with Crippen LogP contribution >= 0.6 is 0 Å². The van der Waals surface area contributed by atoms with Crippen molar-refractivity contribution >= 4 is 11.7 Å². The summed E-state index contributed by atoms with van der Waals surface area (Å²) in [6.45, 7) is 2.13. The predicted octanol–water partition coefficient (Wildman–Crippen LogP) is 1.16. The van der Waals surface area contributed by atoms with Crippen molar-refractivity contribution in [3.63, 3.8) is 0 Å². The summed E-state index contributed by atoms with van der Waals surface area (Å²) < 4.78 is 5.02. The molecule has 2 rings (SSSR count). The third-order valence-electron chi connectivity index (χ3n) is 3.47. The highest BCUT2D eigenvalue weighted by Gasteiger charge is 2.29. The highest BCUT2D eigenvalue weighted by molar-refractivity contribution is 5.78. The van der Waals surface area contributed by atoms with Gasteiger partial charge in [0.05, 0.1) is 6.61 Å². The molecule has 1 amide bonds.